The summed E-state index contributed by atoms with van der Waals surface area (Å²) < 4.78 is 24.9. The molecule has 2 fully saturated rings. The normalized spacial score (nSPS) is 19.0. The molecule has 1 amide bonds. The van der Waals surface area contributed by atoms with Gasteiger partial charge in [0.05, 0.1) is 4.90 Å². The number of rotatable bonds is 4. The zero-order chi connectivity index (χ0) is 19.1. The zero-order valence-corrected chi connectivity index (χ0v) is 16.3. The summed E-state index contributed by atoms with van der Waals surface area (Å²) in [6.45, 7) is 2.26. The van der Waals surface area contributed by atoms with Gasteiger partial charge in [-0.3, -0.25) is 4.79 Å². The van der Waals surface area contributed by atoms with E-state index < -0.39 is 14.6 Å². The van der Waals surface area contributed by atoms with Crippen LogP contribution in [0.2, 0.25) is 5.02 Å². The number of sulfone groups is 1. The topological polar surface area (TPSA) is 70.6 Å². The highest BCUT2D eigenvalue weighted by Gasteiger charge is 2.62. The fourth-order valence-electron chi connectivity index (χ4n) is 3.52. The second-order valence-electron chi connectivity index (χ2n) is 6.92. The maximum absolute atomic E-state index is 13.1. The van der Waals surface area contributed by atoms with Crippen molar-refractivity contribution in [3.8, 4) is 0 Å². The molecule has 27 heavy (non-hydrogen) atoms. The Morgan fingerprint density at radius 3 is 2.22 bits per heavy atom. The van der Waals surface area contributed by atoms with Crippen LogP contribution >= 0.6 is 11.6 Å². The fourth-order valence-corrected chi connectivity index (χ4v) is 5.59. The maximum Gasteiger partial charge on any atom is 0.244 e. The Morgan fingerprint density at radius 2 is 1.67 bits per heavy atom. The monoisotopic (exact) mass is 405 g/mol. The molecule has 0 radical (unpaired) electrons. The van der Waals surface area contributed by atoms with Crippen molar-refractivity contribution in [1.29, 1.82) is 0 Å². The van der Waals surface area contributed by atoms with Crippen molar-refractivity contribution in [2.45, 2.75) is 22.5 Å². The number of pyridine rings is 1. The Hall–Kier alpha value is -2.12. The highest BCUT2D eigenvalue weighted by molar-refractivity contribution is 7.94. The molecule has 2 aromatic rings. The summed E-state index contributed by atoms with van der Waals surface area (Å²) in [4.78, 5) is 21.4. The molecule has 0 atom stereocenters. The molecule has 0 N–H and O–H groups in total. The van der Waals surface area contributed by atoms with Gasteiger partial charge in [-0.1, -0.05) is 17.7 Å². The van der Waals surface area contributed by atoms with Crippen molar-refractivity contribution in [2.24, 2.45) is 0 Å². The van der Waals surface area contributed by atoms with Gasteiger partial charge in [0.25, 0.3) is 0 Å². The van der Waals surface area contributed by atoms with Gasteiger partial charge in [0.2, 0.25) is 5.91 Å². The first-order valence-corrected chi connectivity index (χ1v) is 10.8. The van der Waals surface area contributed by atoms with Crippen molar-refractivity contribution in [3.05, 3.63) is 53.7 Å². The molecule has 1 aliphatic heterocycles. The van der Waals surface area contributed by atoms with Crippen LogP contribution in [0.15, 0.2) is 53.6 Å². The first kappa shape index (κ1) is 18.3. The van der Waals surface area contributed by atoms with E-state index in [9.17, 15) is 13.2 Å². The Bertz CT molecular complexity index is 936. The van der Waals surface area contributed by atoms with Crippen LogP contribution in [-0.2, 0) is 14.6 Å². The Kier molecular flexibility index (Phi) is 4.60. The predicted octanol–water partition coefficient (Wildman–Crippen LogP) is 2.39. The van der Waals surface area contributed by atoms with E-state index in [0.717, 1.165) is 5.82 Å². The standard InChI is InChI=1S/C19H20ClN3O3S/c20-15-4-6-16(7-5-15)27(25,26)19(8-9-19)18(24)23-13-11-22(12-14-23)17-3-1-2-10-21-17/h1-7,10H,8-9,11-14H2. The molecule has 0 spiro atoms. The summed E-state index contributed by atoms with van der Waals surface area (Å²) in [5, 5.41) is 0.468. The number of carbonyl (C=O) groups excluding carboxylic acids is 1. The third-order valence-electron chi connectivity index (χ3n) is 5.27. The van der Waals surface area contributed by atoms with Crippen LogP contribution in [0, 0.1) is 0 Å². The molecular weight excluding hydrogens is 386 g/mol. The third-order valence-corrected chi connectivity index (χ3v) is 8.03. The number of hydrogen-bond donors (Lipinski definition) is 0. The van der Waals surface area contributed by atoms with E-state index in [1.165, 1.54) is 12.1 Å². The number of carbonyl (C=O) groups is 1. The van der Waals surface area contributed by atoms with Crippen molar-refractivity contribution >= 4 is 33.2 Å². The molecule has 0 unspecified atom stereocenters. The average molecular weight is 406 g/mol. The summed E-state index contributed by atoms with van der Waals surface area (Å²) in [6.07, 6.45) is 2.49. The molecule has 142 valence electrons. The smallest absolute Gasteiger partial charge is 0.244 e. The zero-order valence-electron chi connectivity index (χ0n) is 14.7. The van der Waals surface area contributed by atoms with Crippen molar-refractivity contribution in [3.63, 3.8) is 0 Å². The molecule has 4 rings (SSSR count). The Labute approximate surface area is 163 Å². The van der Waals surface area contributed by atoms with Gasteiger partial charge in [-0.2, -0.15) is 0 Å². The average Bonchev–Trinajstić information content (AvgIpc) is 3.51. The van der Waals surface area contributed by atoms with E-state index in [1.807, 2.05) is 18.2 Å². The number of halogens is 1. The molecule has 1 saturated carbocycles. The summed E-state index contributed by atoms with van der Waals surface area (Å²) >= 11 is 5.86. The van der Waals surface area contributed by atoms with Crippen molar-refractivity contribution < 1.29 is 13.2 Å². The number of piperazine rings is 1. The highest BCUT2D eigenvalue weighted by Crippen LogP contribution is 2.48. The molecule has 1 aromatic heterocycles. The second-order valence-corrected chi connectivity index (χ2v) is 9.62. The lowest BCUT2D eigenvalue weighted by Crippen LogP contribution is -2.53. The van der Waals surface area contributed by atoms with E-state index in [2.05, 4.69) is 9.88 Å². The predicted molar refractivity (Wildman–Crippen MR) is 104 cm³/mol. The molecule has 8 heteroatoms. The number of benzene rings is 1. The lowest BCUT2D eigenvalue weighted by atomic mass is 10.2. The molecule has 2 aliphatic rings. The van der Waals surface area contributed by atoms with Crippen LogP contribution in [0.1, 0.15) is 12.8 Å². The summed E-state index contributed by atoms with van der Waals surface area (Å²) in [7, 11) is -3.73. The van der Waals surface area contributed by atoms with Crippen LogP contribution in [-0.4, -0.2) is 55.1 Å². The molecule has 0 bridgehead atoms. The summed E-state index contributed by atoms with van der Waals surface area (Å²) in [6, 6.07) is 11.8. The molecule has 6 nitrogen and oxygen atoms in total. The SMILES string of the molecule is O=C(N1CCN(c2ccccn2)CC1)C1(S(=O)(=O)c2ccc(Cl)cc2)CC1. The molecule has 2 heterocycles. The van der Waals surface area contributed by atoms with Crippen LogP contribution in [0.4, 0.5) is 5.82 Å². The largest absolute Gasteiger partial charge is 0.353 e. The first-order valence-electron chi connectivity index (χ1n) is 8.90. The minimum Gasteiger partial charge on any atom is -0.353 e. The van der Waals surface area contributed by atoms with E-state index in [4.69, 9.17) is 11.6 Å². The Morgan fingerprint density at radius 1 is 1.00 bits per heavy atom. The number of amides is 1. The van der Waals surface area contributed by atoms with Crippen molar-refractivity contribution in [2.75, 3.05) is 31.1 Å². The van der Waals surface area contributed by atoms with E-state index in [1.54, 1.807) is 23.2 Å². The maximum atomic E-state index is 13.1. The molecular formula is C19H20ClN3O3S. The second kappa shape index (κ2) is 6.80. The number of nitrogens with zero attached hydrogens (tertiary/aromatic N) is 3. The van der Waals surface area contributed by atoms with Crippen LogP contribution < -0.4 is 4.90 Å². The fraction of sp³-hybridized carbons (Fsp3) is 0.368. The quantitative estimate of drug-likeness (QED) is 0.781. The van der Waals surface area contributed by atoms with Gasteiger partial charge in [-0.05, 0) is 49.2 Å². The highest BCUT2D eigenvalue weighted by atomic mass is 35.5. The van der Waals surface area contributed by atoms with Crippen LogP contribution in [0.25, 0.3) is 0 Å². The van der Waals surface area contributed by atoms with E-state index in [-0.39, 0.29) is 10.8 Å². The lowest BCUT2D eigenvalue weighted by molar-refractivity contribution is -0.131. The van der Waals surface area contributed by atoms with Gasteiger partial charge < -0.3 is 9.80 Å². The van der Waals surface area contributed by atoms with Gasteiger partial charge in [0, 0.05) is 37.4 Å². The lowest BCUT2D eigenvalue weighted by Gasteiger charge is -2.37. The third kappa shape index (κ3) is 3.19. The van der Waals surface area contributed by atoms with Crippen molar-refractivity contribution in [1.82, 2.24) is 9.88 Å². The molecule has 1 saturated heterocycles. The number of hydrogen-bond acceptors (Lipinski definition) is 5. The number of anilines is 1. The molecule has 1 aliphatic carbocycles. The van der Waals surface area contributed by atoms with Gasteiger partial charge in [0.1, 0.15) is 5.82 Å². The van der Waals surface area contributed by atoms with Gasteiger partial charge in [-0.15, -0.1) is 0 Å². The minimum absolute atomic E-state index is 0.157. The summed E-state index contributed by atoms with van der Waals surface area (Å²) in [5.41, 5.74) is 0. The Balaban J connectivity index is 1.49. The summed E-state index contributed by atoms with van der Waals surface area (Å²) in [5.74, 6) is 0.595. The number of aromatic nitrogens is 1. The molecule has 1 aromatic carbocycles. The van der Waals surface area contributed by atoms with Gasteiger partial charge >= 0.3 is 0 Å². The van der Waals surface area contributed by atoms with E-state index >= 15 is 0 Å². The van der Waals surface area contributed by atoms with Crippen LogP contribution in [0.5, 0.6) is 0 Å². The van der Waals surface area contributed by atoms with Crippen LogP contribution in [0.3, 0.4) is 0 Å². The van der Waals surface area contributed by atoms with E-state index in [0.29, 0.717) is 44.0 Å². The first-order chi connectivity index (χ1) is 12.9. The van der Waals surface area contributed by atoms with Gasteiger partial charge in [0.15, 0.2) is 14.6 Å². The minimum atomic E-state index is -3.73. The van der Waals surface area contributed by atoms with Gasteiger partial charge in [-0.25, -0.2) is 13.4 Å².